The zero-order valence-electron chi connectivity index (χ0n) is 10.2. The smallest absolute Gasteiger partial charge is 0.107 e. The molecule has 0 radical (unpaired) electrons. The minimum atomic E-state index is 0.484. The van der Waals surface area contributed by atoms with Gasteiger partial charge in [-0.1, -0.05) is 13.8 Å². The predicted octanol–water partition coefficient (Wildman–Crippen LogP) is 3.41. The van der Waals surface area contributed by atoms with Crippen LogP contribution in [-0.2, 0) is 13.6 Å². The van der Waals surface area contributed by atoms with E-state index in [1.165, 1.54) is 10.4 Å². The van der Waals surface area contributed by atoms with Gasteiger partial charge in [-0.15, -0.1) is 11.3 Å². The number of nitrogens with one attached hydrogen (secondary N) is 1. The maximum absolute atomic E-state index is 4.54. The zero-order chi connectivity index (χ0) is 12.4. The first-order valence-electron chi connectivity index (χ1n) is 5.58. The first-order chi connectivity index (χ1) is 8.06. The fourth-order valence-corrected chi connectivity index (χ4v) is 3.04. The molecule has 0 spiro atoms. The van der Waals surface area contributed by atoms with E-state index in [9.17, 15) is 0 Å². The molecule has 92 valence electrons. The van der Waals surface area contributed by atoms with Crippen LogP contribution in [0.1, 0.15) is 19.4 Å². The van der Waals surface area contributed by atoms with Crippen molar-refractivity contribution in [3.63, 3.8) is 0 Å². The van der Waals surface area contributed by atoms with E-state index in [-0.39, 0.29) is 0 Å². The van der Waals surface area contributed by atoms with Crippen molar-refractivity contribution < 1.29 is 0 Å². The molecule has 0 saturated heterocycles. The summed E-state index contributed by atoms with van der Waals surface area (Å²) >= 11 is 5.21. The van der Waals surface area contributed by atoms with E-state index in [1.54, 1.807) is 11.3 Å². The first-order valence-corrected chi connectivity index (χ1v) is 7.19. The Morgan fingerprint density at radius 2 is 2.24 bits per heavy atom. The highest BCUT2D eigenvalue weighted by molar-refractivity contribution is 9.11. The summed E-state index contributed by atoms with van der Waals surface area (Å²) in [4.78, 5) is 1.21. The molecular formula is C12H16BrN3S. The molecule has 0 unspecified atom stereocenters. The SMILES string of the molecule is CC(C)NCc1cn(C)nc1-c1ccc(Br)s1. The van der Waals surface area contributed by atoms with Crippen LogP contribution in [0.4, 0.5) is 0 Å². The average Bonchev–Trinajstić information content (AvgIpc) is 2.81. The van der Waals surface area contributed by atoms with Crippen molar-refractivity contribution in [1.29, 1.82) is 0 Å². The number of aromatic nitrogens is 2. The monoisotopic (exact) mass is 313 g/mol. The van der Waals surface area contributed by atoms with Gasteiger partial charge >= 0.3 is 0 Å². The molecule has 17 heavy (non-hydrogen) atoms. The lowest BCUT2D eigenvalue weighted by Gasteiger charge is -2.06. The Morgan fingerprint density at radius 3 is 2.82 bits per heavy atom. The number of thiophene rings is 1. The van der Waals surface area contributed by atoms with Crippen LogP contribution in [-0.4, -0.2) is 15.8 Å². The van der Waals surface area contributed by atoms with Gasteiger partial charge in [-0.05, 0) is 28.1 Å². The van der Waals surface area contributed by atoms with Crippen LogP contribution in [0.3, 0.4) is 0 Å². The summed E-state index contributed by atoms with van der Waals surface area (Å²) in [5, 5.41) is 7.97. The summed E-state index contributed by atoms with van der Waals surface area (Å²) < 4.78 is 3.02. The Hall–Kier alpha value is -0.650. The molecule has 1 N–H and O–H groups in total. The van der Waals surface area contributed by atoms with E-state index in [0.29, 0.717) is 6.04 Å². The Balaban J connectivity index is 2.27. The zero-order valence-corrected chi connectivity index (χ0v) is 12.6. The molecule has 0 fully saturated rings. The molecule has 0 aliphatic rings. The van der Waals surface area contributed by atoms with Crippen molar-refractivity contribution in [3.8, 4) is 10.6 Å². The van der Waals surface area contributed by atoms with Gasteiger partial charge in [0.25, 0.3) is 0 Å². The minimum absolute atomic E-state index is 0.484. The normalized spacial score (nSPS) is 11.4. The van der Waals surface area contributed by atoms with Crippen LogP contribution in [0.25, 0.3) is 10.6 Å². The molecule has 0 amide bonds. The van der Waals surface area contributed by atoms with Gasteiger partial charge in [-0.25, -0.2) is 0 Å². The van der Waals surface area contributed by atoms with Gasteiger partial charge < -0.3 is 5.32 Å². The average molecular weight is 314 g/mol. The van der Waals surface area contributed by atoms with Crippen LogP contribution in [0, 0.1) is 0 Å². The van der Waals surface area contributed by atoms with Gasteiger partial charge in [0.15, 0.2) is 0 Å². The lowest BCUT2D eigenvalue weighted by atomic mass is 10.2. The fourth-order valence-electron chi connectivity index (χ4n) is 1.63. The van der Waals surface area contributed by atoms with Gasteiger partial charge in [0.05, 0.1) is 8.66 Å². The van der Waals surface area contributed by atoms with Gasteiger partial charge in [0, 0.05) is 31.4 Å². The van der Waals surface area contributed by atoms with Gasteiger partial charge in [0.1, 0.15) is 5.69 Å². The molecule has 0 saturated carbocycles. The van der Waals surface area contributed by atoms with Crippen molar-refractivity contribution >= 4 is 27.3 Å². The third kappa shape index (κ3) is 3.18. The molecule has 2 rings (SSSR count). The molecular weight excluding hydrogens is 298 g/mol. The van der Waals surface area contributed by atoms with Crippen LogP contribution in [0.5, 0.6) is 0 Å². The summed E-state index contributed by atoms with van der Waals surface area (Å²) in [6.45, 7) is 5.16. The maximum Gasteiger partial charge on any atom is 0.107 e. The molecule has 2 heterocycles. The summed E-state index contributed by atoms with van der Waals surface area (Å²) in [6, 6.07) is 4.66. The Morgan fingerprint density at radius 1 is 1.47 bits per heavy atom. The molecule has 2 aromatic heterocycles. The van der Waals surface area contributed by atoms with Gasteiger partial charge in [-0.3, -0.25) is 4.68 Å². The number of nitrogens with zero attached hydrogens (tertiary/aromatic N) is 2. The molecule has 3 nitrogen and oxygen atoms in total. The Bertz CT molecular complexity index is 502. The number of hydrogen-bond acceptors (Lipinski definition) is 3. The van der Waals surface area contributed by atoms with E-state index in [2.05, 4.69) is 58.5 Å². The second kappa shape index (κ2) is 5.33. The Labute approximate surface area is 114 Å². The van der Waals surface area contributed by atoms with Crippen LogP contribution >= 0.6 is 27.3 Å². The number of halogens is 1. The van der Waals surface area contributed by atoms with Crippen molar-refractivity contribution in [2.75, 3.05) is 0 Å². The largest absolute Gasteiger partial charge is 0.310 e. The lowest BCUT2D eigenvalue weighted by molar-refractivity contribution is 0.589. The third-order valence-electron chi connectivity index (χ3n) is 2.41. The summed E-state index contributed by atoms with van der Waals surface area (Å²) in [7, 11) is 1.96. The molecule has 0 aromatic carbocycles. The molecule has 0 aliphatic heterocycles. The lowest BCUT2D eigenvalue weighted by Crippen LogP contribution is -2.21. The predicted molar refractivity (Wildman–Crippen MR) is 76.2 cm³/mol. The number of hydrogen-bond donors (Lipinski definition) is 1. The summed E-state index contributed by atoms with van der Waals surface area (Å²) in [6.07, 6.45) is 2.08. The fraction of sp³-hybridized carbons (Fsp3) is 0.417. The first kappa shape index (κ1) is 12.8. The number of rotatable bonds is 4. The molecule has 5 heteroatoms. The highest BCUT2D eigenvalue weighted by Gasteiger charge is 2.12. The molecule has 0 bridgehead atoms. The molecule has 2 aromatic rings. The Kier molecular flexibility index (Phi) is 4.01. The topological polar surface area (TPSA) is 29.9 Å². The van der Waals surface area contributed by atoms with Crippen LogP contribution in [0.2, 0.25) is 0 Å². The molecule has 0 atom stereocenters. The van der Waals surface area contributed by atoms with E-state index < -0.39 is 0 Å². The molecule has 0 aliphatic carbocycles. The van der Waals surface area contributed by atoms with Crippen molar-refractivity contribution in [3.05, 3.63) is 27.7 Å². The van der Waals surface area contributed by atoms with Crippen molar-refractivity contribution in [1.82, 2.24) is 15.1 Å². The second-order valence-corrected chi connectivity index (χ2v) is 6.78. The van der Waals surface area contributed by atoms with Gasteiger partial charge in [0.2, 0.25) is 0 Å². The van der Waals surface area contributed by atoms with Crippen LogP contribution < -0.4 is 5.32 Å². The standard InChI is InChI=1S/C12H16BrN3S/c1-8(2)14-6-9-7-16(3)15-12(9)10-4-5-11(13)17-10/h4-5,7-8,14H,6H2,1-3H3. The van der Waals surface area contributed by atoms with Crippen molar-refractivity contribution in [2.45, 2.75) is 26.4 Å². The highest BCUT2D eigenvalue weighted by atomic mass is 79.9. The third-order valence-corrected chi connectivity index (χ3v) is 4.04. The minimum Gasteiger partial charge on any atom is -0.310 e. The van der Waals surface area contributed by atoms with Crippen molar-refractivity contribution in [2.24, 2.45) is 7.05 Å². The maximum atomic E-state index is 4.54. The van der Waals surface area contributed by atoms with E-state index in [0.717, 1.165) is 16.0 Å². The van der Waals surface area contributed by atoms with E-state index >= 15 is 0 Å². The number of aryl methyl sites for hydroxylation is 1. The van der Waals surface area contributed by atoms with E-state index in [1.807, 2.05) is 11.7 Å². The van der Waals surface area contributed by atoms with Gasteiger partial charge in [-0.2, -0.15) is 5.10 Å². The van der Waals surface area contributed by atoms with E-state index in [4.69, 9.17) is 0 Å². The summed E-state index contributed by atoms with van der Waals surface area (Å²) in [5.74, 6) is 0. The van der Waals surface area contributed by atoms with Crippen LogP contribution in [0.15, 0.2) is 22.1 Å². The highest BCUT2D eigenvalue weighted by Crippen LogP contribution is 2.32. The summed E-state index contributed by atoms with van der Waals surface area (Å²) in [5.41, 5.74) is 2.33. The quantitative estimate of drug-likeness (QED) is 0.937. The second-order valence-electron chi connectivity index (χ2n) is 4.32.